The normalized spacial score (nSPS) is 14.1. The third-order valence-electron chi connectivity index (χ3n) is 6.55. The van der Waals surface area contributed by atoms with Gasteiger partial charge in [0.25, 0.3) is 0 Å². The van der Waals surface area contributed by atoms with E-state index in [1.807, 2.05) is 0 Å². The topological polar surface area (TPSA) is 127 Å². The molecule has 5 rings (SSSR count). The molecule has 2 aromatic carbocycles. The van der Waals surface area contributed by atoms with Crippen LogP contribution in [0.2, 0.25) is 5.02 Å². The number of aromatic nitrogens is 1. The van der Waals surface area contributed by atoms with Crippen LogP contribution in [0.5, 0.6) is 23.0 Å². The quantitative estimate of drug-likeness (QED) is 0.288. The van der Waals surface area contributed by atoms with Crippen LogP contribution >= 0.6 is 11.6 Å². The lowest BCUT2D eigenvalue weighted by Gasteiger charge is -2.26. The summed E-state index contributed by atoms with van der Waals surface area (Å²) in [6.45, 7) is 3.31. The molecule has 3 aromatic rings. The molecule has 0 atom stereocenters. The second kappa shape index (κ2) is 12.8. The van der Waals surface area contributed by atoms with E-state index in [4.69, 9.17) is 35.3 Å². The third-order valence-corrected chi connectivity index (χ3v) is 6.85. The Labute approximate surface area is 242 Å². The molecule has 1 fully saturated rings. The number of nitrogens with one attached hydrogen (secondary N) is 2. The maximum absolute atomic E-state index is 11.6. The van der Waals surface area contributed by atoms with Crippen molar-refractivity contribution in [2.75, 3.05) is 65.7 Å². The van der Waals surface area contributed by atoms with Crippen molar-refractivity contribution in [1.29, 1.82) is 5.26 Å². The van der Waals surface area contributed by atoms with E-state index in [9.17, 15) is 10.1 Å². The van der Waals surface area contributed by atoms with Crippen molar-refractivity contribution in [1.82, 2.24) is 15.2 Å². The highest BCUT2D eigenvalue weighted by Crippen LogP contribution is 2.48. The Hall–Kier alpha value is -4.42. The molecular weight excluding hydrogens is 550 g/mol. The van der Waals surface area contributed by atoms with Gasteiger partial charge in [0, 0.05) is 44.4 Å². The molecule has 3 heterocycles. The maximum atomic E-state index is 11.6. The maximum Gasteiger partial charge on any atom is 0.234 e. The van der Waals surface area contributed by atoms with Crippen LogP contribution in [-0.4, -0.2) is 76.2 Å². The van der Waals surface area contributed by atoms with Crippen LogP contribution in [0.15, 0.2) is 24.4 Å². The fraction of sp³-hybridized carbons (Fsp3) is 0.345. The second-order valence-corrected chi connectivity index (χ2v) is 9.62. The number of carbonyl (C=O) groups excluding carboxylic acids is 1. The molecule has 1 saturated heterocycles. The fourth-order valence-electron chi connectivity index (χ4n) is 4.62. The molecule has 0 saturated carbocycles. The van der Waals surface area contributed by atoms with Gasteiger partial charge in [0.05, 0.1) is 47.6 Å². The van der Waals surface area contributed by atoms with Crippen molar-refractivity contribution in [3.8, 4) is 40.9 Å². The lowest BCUT2D eigenvalue weighted by atomic mass is 10.1. The minimum absolute atomic E-state index is 0.00495. The lowest BCUT2D eigenvalue weighted by molar-refractivity contribution is -0.124. The highest BCUT2D eigenvalue weighted by atomic mass is 35.5. The SMILES string of the molecule is COCC#Cc1cc(Cl)c(Nc2c(C#N)cnc3cc(OCCCN4CCNC(=O)C4)c(OC)cc23)c2c1OCO2. The third kappa shape index (κ3) is 6.18. The highest BCUT2D eigenvalue weighted by molar-refractivity contribution is 6.34. The zero-order valence-electron chi connectivity index (χ0n) is 22.6. The van der Waals surface area contributed by atoms with Gasteiger partial charge in [0.15, 0.2) is 23.0 Å². The van der Waals surface area contributed by atoms with Gasteiger partial charge in [-0.2, -0.15) is 5.26 Å². The largest absolute Gasteiger partial charge is 0.493 e. The Morgan fingerprint density at radius 1 is 1.17 bits per heavy atom. The number of methoxy groups -OCH3 is 2. The Morgan fingerprint density at radius 2 is 2.02 bits per heavy atom. The molecular formula is C29H28ClN5O6. The van der Waals surface area contributed by atoms with Crippen molar-refractivity contribution in [2.24, 2.45) is 0 Å². The van der Waals surface area contributed by atoms with E-state index in [1.165, 1.54) is 6.20 Å². The number of rotatable bonds is 9. The van der Waals surface area contributed by atoms with Gasteiger partial charge in [-0.15, -0.1) is 0 Å². The van der Waals surface area contributed by atoms with E-state index in [1.54, 1.807) is 32.4 Å². The Balaban J connectivity index is 1.42. The molecule has 0 radical (unpaired) electrons. The van der Waals surface area contributed by atoms with Crippen LogP contribution in [0, 0.1) is 23.2 Å². The first-order chi connectivity index (χ1) is 20.0. The van der Waals surface area contributed by atoms with Gasteiger partial charge in [0.1, 0.15) is 18.4 Å². The number of ether oxygens (including phenoxy) is 5. The number of amides is 1. The fourth-order valence-corrected chi connectivity index (χ4v) is 4.86. The summed E-state index contributed by atoms with van der Waals surface area (Å²) >= 11 is 6.68. The number of anilines is 2. The average molecular weight is 578 g/mol. The first-order valence-corrected chi connectivity index (χ1v) is 13.3. The van der Waals surface area contributed by atoms with E-state index < -0.39 is 0 Å². The number of piperazine rings is 1. The number of nitriles is 1. The minimum atomic E-state index is 0.00495. The van der Waals surface area contributed by atoms with Crippen molar-refractivity contribution < 1.29 is 28.5 Å². The van der Waals surface area contributed by atoms with Crippen molar-refractivity contribution in [2.45, 2.75) is 6.42 Å². The standard InChI is InChI=1S/C29H28ClN5O6/c1-37-9-3-5-18-11-21(30)27(29-28(18)40-17-41-29)34-26-19(14-31)15-33-22-13-24(23(38-2)12-20(22)26)39-10-4-7-35-8-6-32-25(36)16-35/h11-13,15H,4,6-10,16-17H2,1-2H3,(H,32,36)(H,33,34). The number of hydrogen-bond donors (Lipinski definition) is 2. The van der Waals surface area contributed by atoms with Crippen molar-refractivity contribution in [3.63, 3.8) is 0 Å². The minimum Gasteiger partial charge on any atom is -0.493 e. The number of pyridine rings is 1. The Morgan fingerprint density at radius 3 is 2.80 bits per heavy atom. The zero-order valence-corrected chi connectivity index (χ0v) is 23.4. The monoisotopic (exact) mass is 577 g/mol. The summed E-state index contributed by atoms with van der Waals surface area (Å²) < 4.78 is 28.1. The summed E-state index contributed by atoms with van der Waals surface area (Å²) in [4.78, 5) is 18.2. The first-order valence-electron chi connectivity index (χ1n) is 12.9. The summed E-state index contributed by atoms with van der Waals surface area (Å²) in [5, 5.41) is 17.0. The molecule has 2 aliphatic rings. The molecule has 41 heavy (non-hydrogen) atoms. The molecule has 12 heteroatoms. The van der Waals surface area contributed by atoms with E-state index in [-0.39, 0.29) is 19.3 Å². The molecule has 212 valence electrons. The molecule has 0 unspecified atom stereocenters. The molecule has 0 aliphatic carbocycles. The van der Waals surface area contributed by atoms with Gasteiger partial charge >= 0.3 is 0 Å². The van der Waals surface area contributed by atoms with Crippen LogP contribution in [-0.2, 0) is 9.53 Å². The molecule has 1 amide bonds. The zero-order chi connectivity index (χ0) is 28.8. The van der Waals surface area contributed by atoms with Gasteiger partial charge in [-0.3, -0.25) is 14.7 Å². The van der Waals surface area contributed by atoms with Gasteiger partial charge in [-0.25, -0.2) is 0 Å². The van der Waals surface area contributed by atoms with Crippen LogP contribution in [0.1, 0.15) is 17.5 Å². The van der Waals surface area contributed by atoms with Gasteiger partial charge in [0.2, 0.25) is 12.7 Å². The van der Waals surface area contributed by atoms with Gasteiger partial charge in [-0.1, -0.05) is 23.4 Å². The highest BCUT2D eigenvalue weighted by Gasteiger charge is 2.26. The molecule has 11 nitrogen and oxygen atoms in total. The number of benzene rings is 2. The van der Waals surface area contributed by atoms with E-state index in [0.29, 0.717) is 81.1 Å². The number of nitrogens with zero attached hydrogens (tertiary/aromatic N) is 3. The molecule has 0 spiro atoms. The summed E-state index contributed by atoms with van der Waals surface area (Å²) in [5.74, 6) is 7.77. The molecule has 2 aliphatic heterocycles. The van der Waals surface area contributed by atoms with Crippen molar-refractivity contribution >= 4 is 39.8 Å². The lowest BCUT2D eigenvalue weighted by Crippen LogP contribution is -2.47. The molecule has 0 bridgehead atoms. The van der Waals surface area contributed by atoms with Gasteiger partial charge < -0.3 is 34.3 Å². The summed E-state index contributed by atoms with van der Waals surface area (Å²) in [5.41, 5.74) is 2.36. The van der Waals surface area contributed by atoms with E-state index >= 15 is 0 Å². The average Bonchev–Trinajstić information content (AvgIpc) is 3.47. The number of hydrogen-bond acceptors (Lipinski definition) is 10. The summed E-state index contributed by atoms with van der Waals surface area (Å²) in [6.07, 6.45) is 2.22. The smallest absolute Gasteiger partial charge is 0.234 e. The van der Waals surface area contributed by atoms with Gasteiger partial charge in [-0.05, 0) is 18.6 Å². The number of carbonyl (C=O) groups is 1. The van der Waals surface area contributed by atoms with Crippen LogP contribution in [0.4, 0.5) is 11.4 Å². The van der Waals surface area contributed by atoms with Crippen LogP contribution in [0.3, 0.4) is 0 Å². The van der Waals surface area contributed by atoms with Crippen LogP contribution < -0.4 is 29.6 Å². The first kappa shape index (κ1) is 28.1. The second-order valence-electron chi connectivity index (χ2n) is 9.21. The predicted molar refractivity (Wildman–Crippen MR) is 152 cm³/mol. The summed E-state index contributed by atoms with van der Waals surface area (Å²) in [6, 6.07) is 7.41. The van der Waals surface area contributed by atoms with Crippen molar-refractivity contribution in [3.05, 3.63) is 40.5 Å². The number of fused-ring (bicyclic) bond motifs is 2. The molecule has 2 N–H and O–H groups in total. The predicted octanol–water partition coefficient (Wildman–Crippen LogP) is 3.44. The van der Waals surface area contributed by atoms with Crippen LogP contribution in [0.25, 0.3) is 10.9 Å². The Kier molecular flexibility index (Phi) is 8.80. The Bertz CT molecular complexity index is 1580. The molecule has 1 aromatic heterocycles. The van der Waals surface area contributed by atoms with E-state index in [2.05, 4.69) is 38.4 Å². The number of halogens is 1. The summed E-state index contributed by atoms with van der Waals surface area (Å²) in [7, 11) is 3.11. The van der Waals surface area contributed by atoms with E-state index in [0.717, 1.165) is 19.5 Å².